The van der Waals surface area contributed by atoms with Crippen LogP contribution < -0.4 is 11.1 Å². The second-order valence-corrected chi connectivity index (χ2v) is 2.81. The van der Waals surface area contributed by atoms with Crippen molar-refractivity contribution in [1.29, 1.82) is 0 Å². The Hall–Kier alpha value is -1.06. The van der Waals surface area contributed by atoms with Crippen LogP contribution >= 0.6 is 0 Å². The number of para-hydroxylation sites is 1. The van der Waals surface area contributed by atoms with Crippen LogP contribution in [-0.4, -0.2) is 19.9 Å². The third kappa shape index (κ3) is 3.92. The minimum atomic E-state index is 0.0648. The average molecular weight is 180 g/mol. The predicted octanol–water partition coefficient (Wildman–Crippen LogP) is 1.42. The zero-order chi connectivity index (χ0) is 9.52. The van der Waals surface area contributed by atoms with Gasteiger partial charge in [-0.15, -0.1) is 0 Å². The maximum Gasteiger partial charge on any atom is 0.107 e. The molecule has 1 aliphatic rings. The first-order valence-corrected chi connectivity index (χ1v) is 4.43. The van der Waals surface area contributed by atoms with E-state index in [2.05, 4.69) is 5.32 Å². The Morgan fingerprint density at radius 3 is 2.15 bits per heavy atom. The molecule has 0 aliphatic carbocycles. The molecule has 72 valence electrons. The van der Waals surface area contributed by atoms with Crippen molar-refractivity contribution < 1.29 is 4.74 Å². The lowest BCUT2D eigenvalue weighted by Gasteiger charge is -2.20. The summed E-state index contributed by atoms with van der Waals surface area (Å²) in [6.07, 6.45) is 1.11. The molecule has 0 amide bonds. The Balaban J connectivity index is 0.000000145. The Kier molecular flexibility index (Phi) is 4.29. The van der Waals surface area contributed by atoms with E-state index in [1.165, 1.54) is 0 Å². The smallest absolute Gasteiger partial charge is 0.107 e. The molecule has 2 rings (SSSR count). The molecule has 3 heteroatoms. The van der Waals surface area contributed by atoms with Crippen molar-refractivity contribution in [3.63, 3.8) is 0 Å². The van der Waals surface area contributed by atoms with E-state index < -0.39 is 0 Å². The van der Waals surface area contributed by atoms with Crippen LogP contribution in [0.15, 0.2) is 30.3 Å². The van der Waals surface area contributed by atoms with E-state index in [9.17, 15) is 0 Å². The number of hydrogen-bond donors (Lipinski definition) is 2. The first-order chi connectivity index (χ1) is 6.33. The molecule has 0 radical (unpaired) electrons. The van der Waals surface area contributed by atoms with Crippen molar-refractivity contribution in [2.75, 3.05) is 19.0 Å². The topological polar surface area (TPSA) is 47.3 Å². The number of hydrogen-bond acceptors (Lipinski definition) is 3. The van der Waals surface area contributed by atoms with E-state index in [0.29, 0.717) is 0 Å². The Morgan fingerprint density at radius 1 is 1.38 bits per heavy atom. The van der Waals surface area contributed by atoms with E-state index in [1.54, 1.807) is 0 Å². The highest BCUT2D eigenvalue weighted by atomic mass is 16.5. The lowest BCUT2D eigenvalue weighted by Crippen LogP contribution is -2.34. The normalized spacial score (nSPS) is 19.4. The van der Waals surface area contributed by atoms with Gasteiger partial charge in [0.2, 0.25) is 0 Å². The molecule has 0 aromatic heterocycles. The van der Waals surface area contributed by atoms with Crippen LogP contribution in [0.1, 0.15) is 6.42 Å². The van der Waals surface area contributed by atoms with Gasteiger partial charge in [-0.25, -0.2) is 0 Å². The zero-order valence-corrected chi connectivity index (χ0v) is 7.86. The maximum atomic E-state index is 5.16. The maximum absolute atomic E-state index is 5.16. The van der Waals surface area contributed by atoms with Crippen molar-refractivity contribution in [2.45, 2.75) is 12.6 Å². The third-order valence-electron chi connectivity index (χ3n) is 1.80. The molecule has 0 spiro atoms. The fourth-order valence-corrected chi connectivity index (χ4v) is 0.859. The van der Waals surface area contributed by atoms with E-state index in [4.69, 9.17) is 10.5 Å². The van der Waals surface area contributed by atoms with Gasteiger partial charge in [-0.2, -0.15) is 0 Å². The van der Waals surface area contributed by atoms with Gasteiger partial charge in [0.05, 0.1) is 6.61 Å². The largest absolute Gasteiger partial charge is 0.388 e. The van der Waals surface area contributed by atoms with Gasteiger partial charge in [0.15, 0.2) is 0 Å². The lowest BCUT2D eigenvalue weighted by atomic mass is 10.3. The fourth-order valence-electron chi connectivity index (χ4n) is 0.859. The predicted molar refractivity (Wildman–Crippen MR) is 54.5 cm³/mol. The molecule has 1 aliphatic heterocycles. The summed E-state index contributed by atoms with van der Waals surface area (Å²) >= 11 is 0. The molecule has 1 aromatic carbocycles. The highest BCUT2D eigenvalue weighted by Gasteiger charge is 2.10. The highest BCUT2D eigenvalue weighted by Crippen LogP contribution is 2.02. The number of ether oxygens (including phenoxy) is 1. The molecular formula is C10H16N2O. The molecule has 0 bridgehead atoms. The van der Waals surface area contributed by atoms with Gasteiger partial charge in [-0.05, 0) is 12.1 Å². The van der Waals surface area contributed by atoms with Crippen LogP contribution in [0, 0.1) is 0 Å². The molecule has 13 heavy (non-hydrogen) atoms. The lowest BCUT2D eigenvalue weighted by molar-refractivity contribution is -0.0455. The molecule has 1 unspecified atom stereocenters. The van der Waals surface area contributed by atoms with E-state index >= 15 is 0 Å². The monoisotopic (exact) mass is 180 g/mol. The molecule has 3 nitrogen and oxygen atoms in total. The van der Waals surface area contributed by atoms with Gasteiger partial charge in [0, 0.05) is 19.2 Å². The summed E-state index contributed by atoms with van der Waals surface area (Å²) in [6.45, 7) is 0.862. The quantitative estimate of drug-likeness (QED) is 0.687. The minimum Gasteiger partial charge on any atom is -0.388 e. The summed E-state index contributed by atoms with van der Waals surface area (Å²) in [7, 11) is 1.91. The second kappa shape index (κ2) is 5.56. The number of nitrogens with two attached hydrogens (primary N) is 1. The van der Waals surface area contributed by atoms with Gasteiger partial charge >= 0.3 is 0 Å². The molecule has 1 saturated heterocycles. The molecular weight excluding hydrogens is 164 g/mol. The van der Waals surface area contributed by atoms with Crippen molar-refractivity contribution >= 4 is 5.69 Å². The van der Waals surface area contributed by atoms with Crippen LogP contribution in [0.5, 0.6) is 0 Å². The summed E-state index contributed by atoms with van der Waals surface area (Å²) in [6, 6.07) is 10.1. The number of rotatable bonds is 1. The Labute approximate surface area is 78.9 Å². The van der Waals surface area contributed by atoms with Crippen LogP contribution in [0.2, 0.25) is 0 Å². The summed E-state index contributed by atoms with van der Waals surface area (Å²) < 4.78 is 4.71. The van der Waals surface area contributed by atoms with Crippen molar-refractivity contribution in [1.82, 2.24) is 0 Å². The summed E-state index contributed by atoms with van der Waals surface area (Å²) in [5.74, 6) is 0. The summed E-state index contributed by atoms with van der Waals surface area (Å²) in [4.78, 5) is 0. The van der Waals surface area contributed by atoms with Crippen LogP contribution in [-0.2, 0) is 4.74 Å². The molecule has 1 atom stereocenters. The van der Waals surface area contributed by atoms with Gasteiger partial charge in [0.25, 0.3) is 0 Å². The van der Waals surface area contributed by atoms with E-state index in [0.717, 1.165) is 18.7 Å². The first kappa shape index (κ1) is 10.0. The van der Waals surface area contributed by atoms with Gasteiger partial charge in [-0.1, -0.05) is 18.2 Å². The van der Waals surface area contributed by atoms with E-state index in [1.807, 2.05) is 37.4 Å². The molecule has 3 N–H and O–H groups in total. The van der Waals surface area contributed by atoms with Crippen molar-refractivity contribution in [2.24, 2.45) is 5.73 Å². The summed E-state index contributed by atoms with van der Waals surface area (Å²) in [5, 5.41) is 3.03. The average Bonchev–Trinajstić information content (AvgIpc) is 2.17. The fraction of sp³-hybridized carbons (Fsp3) is 0.400. The molecule has 1 heterocycles. The van der Waals surface area contributed by atoms with Crippen LogP contribution in [0.25, 0.3) is 0 Å². The van der Waals surface area contributed by atoms with Gasteiger partial charge in [-0.3, -0.25) is 0 Å². The third-order valence-corrected chi connectivity index (χ3v) is 1.80. The second-order valence-electron chi connectivity index (χ2n) is 2.81. The minimum absolute atomic E-state index is 0.0648. The van der Waals surface area contributed by atoms with Crippen molar-refractivity contribution in [3.05, 3.63) is 30.3 Å². The first-order valence-electron chi connectivity index (χ1n) is 4.43. The number of benzene rings is 1. The highest BCUT2D eigenvalue weighted by molar-refractivity contribution is 5.41. The van der Waals surface area contributed by atoms with Gasteiger partial charge < -0.3 is 15.8 Å². The van der Waals surface area contributed by atoms with Crippen LogP contribution in [0.3, 0.4) is 0 Å². The number of nitrogens with one attached hydrogen (secondary N) is 1. The standard InChI is InChI=1S/C7H9N.C3H7NO/c1-8-7-5-3-2-4-6-7;4-3-1-2-5-3/h2-6,8H,1H3;3H,1-2,4H2. The van der Waals surface area contributed by atoms with Crippen molar-refractivity contribution in [3.8, 4) is 0 Å². The zero-order valence-electron chi connectivity index (χ0n) is 7.86. The number of anilines is 1. The molecule has 1 fully saturated rings. The SMILES string of the molecule is CNc1ccccc1.NC1CCO1. The van der Waals surface area contributed by atoms with Crippen LogP contribution in [0.4, 0.5) is 5.69 Å². The molecule has 1 aromatic rings. The summed E-state index contributed by atoms with van der Waals surface area (Å²) in [5.41, 5.74) is 6.32. The van der Waals surface area contributed by atoms with Gasteiger partial charge in [0.1, 0.15) is 6.23 Å². The Morgan fingerprint density at radius 2 is 1.92 bits per heavy atom. The Bertz CT molecular complexity index is 222. The molecule has 0 saturated carbocycles. The van der Waals surface area contributed by atoms with E-state index in [-0.39, 0.29) is 6.23 Å².